The third kappa shape index (κ3) is 3.66. The van der Waals surface area contributed by atoms with Gasteiger partial charge in [0.15, 0.2) is 17.3 Å². The minimum atomic E-state index is -0.337. The highest BCUT2D eigenvalue weighted by atomic mass is 35.5. The van der Waals surface area contributed by atoms with Crippen LogP contribution in [0.5, 0.6) is 17.5 Å². The molecule has 0 aliphatic carbocycles. The maximum Gasteiger partial charge on any atom is 0.336 e. The van der Waals surface area contributed by atoms with Crippen LogP contribution in [0.1, 0.15) is 24.2 Å². The zero-order valence-electron chi connectivity index (χ0n) is 15.4. The summed E-state index contributed by atoms with van der Waals surface area (Å²) in [4.78, 5) is 17.5. The second-order valence-electron chi connectivity index (χ2n) is 6.71. The van der Waals surface area contributed by atoms with Crippen LogP contribution in [0, 0.1) is 5.92 Å². The lowest BCUT2D eigenvalue weighted by atomic mass is 10.1. The fraction of sp³-hybridized carbons (Fsp3) is 0.250. The van der Waals surface area contributed by atoms with Gasteiger partial charge in [0.05, 0.1) is 6.61 Å². The summed E-state index contributed by atoms with van der Waals surface area (Å²) in [5, 5.41) is 4.83. The van der Waals surface area contributed by atoms with E-state index in [1.807, 2.05) is 13.8 Å². The van der Waals surface area contributed by atoms with E-state index >= 15 is 0 Å². The van der Waals surface area contributed by atoms with E-state index in [0.717, 1.165) is 0 Å². The summed E-state index contributed by atoms with van der Waals surface area (Å²) in [6, 6.07) is 12.1. The summed E-state index contributed by atoms with van der Waals surface area (Å²) < 4.78 is 17.7. The Morgan fingerprint density at radius 2 is 1.93 bits per heavy atom. The van der Waals surface area contributed by atoms with Crippen LogP contribution < -0.4 is 14.2 Å². The van der Waals surface area contributed by atoms with Gasteiger partial charge in [-0.1, -0.05) is 25.4 Å². The molecular formula is C20H18ClN3O4. The molecule has 0 radical (unpaired) electrons. The van der Waals surface area contributed by atoms with Crippen LogP contribution in [0.25, 0.3) is 11.4 Å². The molecule has 144 valence electrons. The summed E-state index contributed by atoms with van der Waals surface area (Å²) in [7, 11) is 0. The van der Waals surface area contributed by atoms with Gasteiger partial charge in [-0.3, -0.25) is 4.79 Å². The van der Waals surface area contributed by atoms with E-state index in [9.17, 15) is 4.79 Å². The van der Waals surface area contributed by atoms with Crippen molar-refractivity contribution >= 4 is 17.5 Å². The Kier molecular flexibility index (Phi) is 4.92. The predicted molar refractivity (Wildman–Crippen MR) is 103 cm³/mol. The van der Waals surface area contributed by atoms with Gasteiger partial charge in [-0.2, -0.15) is 9.67 Å². The second kappa shape index (κ2) is 7.52. The summed E-state index contributed by atoms with van der Waals surface area (Å²) in [5.41, 5.74) is 1.10. The van der Waals surface area contributed by atoms with Crippen LogP contribution in [0.4, 0.5) is 0 Å². The Bertz CT molecular complexity index is 1010. The Balaban J connectivity index is 1.75. The van der Waals surface area contributed by atoms with Gasteiger partial charge in [0.25, 0.3) is 5.91 Å². The van der Waals surface area contributed by atoms with Crippen LogP contribution in [-0.4, -0.2) is 34.1 Å². The maximum absolute atomic E-state index is 13.0. The number of rotatable bonds is 5. The van der Waals surface area contributed by atoms with E-state index in [1.54, 1.807) is 42.5 Å². The molecule has 28 heavy (non-hydrogen) atoms. The molecular weight excluding hydrogens is 382 g/mol. The van der Waals surface area contributed by atoms with E-state index < -0.39 is 0 Å². The van der Waals surface area contributed by atoms with Crippen molar-refractivity contribution in [3.63, 3.8) is 0 Å². The fourth-order valence-corrected chi connectivity index (χ4v) is 2.80. The number of fused-ring (bicyclic) bond motifs is 1. The summed E-state index contributed by atoms with van der Waals surface area (Å²) in [5.74, 6) is 1.56. The summed E-state index contributed by atoms with van der Waals surface area (Å²) in [6.45, 7) is 4.65. The average molecular weight is 400 g/mol. The molecule has 8 heteroatoms. The molecule has 7 nitrogen and oxygen atoms in total. The lowest BCUT2D eigenvalue weighted by Gasteiger charge is -2.05. The fourth-order valence-electron chi connectivity index (χ4n) is 2.67. The van der Waals surface area contributed by atoms with Gasteiger partial charge in [0, 0.05) is 16.1 Å². The summed E-state index contributed by atoms with van der Waals surface area (Å²) in [6.07, 6.45) is 0. The predicted octanol–water partition coefficient (Wildman–Crippen LogP) is 4.05. The second-order valence-corrected chi connectivity index (χ2v) is 7.15. The molecule has 0 amide bonds. The van der Waals surface area contributed by atoms with Gasteiger partial charge in [-0.05, 0) is 48.4 Å². The highest BCUT2D eigenvalue weighted by molar-refractivity contribution is 6.30. The number of halogens is 1. The third-order valence-electron chi connectivity index (χ3n) is 4.05. The molecule has 0 atom stereocenters. The summed E-state index contributed by atoms with van der Waals surface area (Å²) >= 11 is 5.93. The number of carbonyl (C=O) groups excluding carboxylic acids is 1. The quantitative estimate of drug-likeness (QED) is 0.644. The molecule has 0 bridgehead atoms. The number of ether oxygens (including phenoxy) is 3. The molecule has 4 rings (SSSR count). The molecule has 0 unspecified atom stereocenters. The maximum atomic E-state index is 13.0. The molecule has 2 heterocycles. The van der Waals surface area contributed by atoms with Gasteiger partial charge in [-0.25, -0.2) is 0 Å². The van der Waals surface area contributed by atoms with Crippen molar-refractivity contribution in [2.75, 3.05) is 13.4 Å². The van der Waals surface area contributed by atoms with Crippen LogP contribution in [0.15, 0.2) is 42.5 Å². The van der Waals surface area contributed by atoms with Gasteiger partial charge < -0.3 is 14.2 Å². The average Bonchev–Trinajstić information content (AvgIpc) is 3.32. The Morgan fingerprint density at radius 1 is 1.18 bits per heavy atom. The molecule has 0 saturated heterocycles. The van der Waals surface area contributed by atoms with Crippen molar-refractivity contribution < 1.29 is 19.0 Å². The first-order valence-corrected chi connectivity index (χ1v) is 9.19. The first kappa shape index (κ1) is 18.3. The molecule has 2 aromatic carbocycles. The smallest absolute Gasteiger partial charge is 0.336 e. The first-order valence-electron chi connectivity index (χ1n) is 8.81. The van der Waals surface area contributed by atoms with Crippen molar-refractivity contribution in [2.45, 2.75) is 13.8 Å². The monoisotopic (exact) mass is 399 g/mol. The molecule has 0 saturated carbocycles. The number of benzene rings is 2. The highest BCUT2D eigenvalue weighted by Gasteiger charge is 2.22. The van der Waals surface area contributed by atoms with E-state index in [2.05, 4.69) is 10.1 Å². The van der Waals surface area contributed by atoms with Crippen molar-refractivity contribution in [3.05, 3.63) is 53.1 Å². The largest absolute Gasteiger partial charge is 0.462 e. The minimum Gasteiger partial charge on any atom is -0.462 e. The van der Waals surface area contributed by atoms with Gasteiger partial charge in [0.2, 0.25) is 6.79 Å². The molecule has 3 aromatic rings. The standard InChI is InChI=1S/C20H18ClN3O4/c1-12(2)10-26-20-22-18(14-5-8-16-17(9-14)28-11-27-16)24(23-20)19(25)13-3-6-15(21)7-4-13/h3-9,12H,10-11H2,1-2H3. The van der Waals surface area contributed by atoms with Crippen molar-refractivity contribution in [3.8, 4) is 28.9 Å². The van der Waals surface area contributed by atoms with Crippen molar-refractivity contribution in [2.24, 2.45) is 5.92 Å². The van der Waals surface area contributed by atoms with Crippen LogP contribution in [-0.2, 0) is 0 Å². The normalized spacial score (nSPS) is 12.4. The van der Waals surface area contributed by atoms with Crippen LogP contribution in [0.2, 0.25) is 5.02 Å². The number of hydrogen-bond acceptors (Lipinski definition) is 6. The van der Waals surface area contributed by atoms with Crippen LogP contribution in [0.3, 0.4) is 0 Å². The van der Waals surface area contributed by atoms with Gasteiger partial charge in [-0.15, -0.1) is 5.10 Å². The topological polar surface area (TPSA) is 75.5 Å². The van der Waals surface area contributed by atoms with E-state index in [-0.39, 0.29) is 18.7 Å². The Labute approximate surface area is 166 Å². The van der Waals surface area contributed by atoms with Crippen LogP contribution >= 0.6 is 11.6 Å². The first-order chi connectivity index (χ1) is 13.5. The van der Waals surface area contributed by atoms with Crippen molar-refractivity contribution in [1.29, 1.82) is 0 Å². The third-order valence-corrected chi connectivity index (χ3v) is 4.30. The molecule has 1 aliphatic rings. The van der Waals surface area contributed by atoms with Gasteiger partial charge in [0.1, 0.15) is 0 Å². The highest BCUT2D eigenvalue weighted by Crippen LogP contribution is 2.36. The van der Waals surface area contributed by atoms with E-state index in [0.29, 0.717) is 46.0 Å². The Hall–Kier alpha value is -3.06. The van der Waals surface area contributed by atoms with E-state index in [1.165, 1.54) is 4.68 Å². The molecule has 0 spiro atoms. The zero-order chi connectivity index (χ0) is 19.7. The number of carbonyl (C=O) groups is 1. The molecule has 0 N–H and O–H groups in total. The lowest BCUT2D eigenvalue weighted by Crippen LogP contribution is -2.15. The lowest BCUT2D eigenvalue weighted by molar-refractivity contribution is 0.0944. The number of aromatic nitrogens is 3. The Morgan fingerprint density at radius 3 is 2.68 bits per heavy atom. The number of nitrogens with zero attached hydrogens (tertiary/aromatic N) is 3. The molecule has 0 fully saturated rings. The zero-order valence-corrected chi connectivity index (χ0v) is 16.1. The van der Waals surface area contributed by atoms with Gasteiger partial charge >= 0.3 is 6.01 Å². The van der Waals surface area contributed by atoms with Crippen molar-refractivity contribution in [1.82, 2.24) is 14.8 Å². The van der Waals surface area contributed by atoms with E-state index in [4.69, 9.17) is 25.8 Å². The molecule has 1 aliphatic heterocycles. The SMILES string of the molecule is CC(C)COc1nc(-c2ccc3c(c2)OCO3)n(C(=O)c2ccc(Cl)cc2)n1. The minimum absolute atomic E-state index is 0.142. The molecule has 1 aromatic heterocycles. The number of hydrogen-bond donors (Lipinski definition) is 0.